The third kappa shape index (κ3) is 1.43. The van der Waals surface area contributed by atoms with Crippen LogP contribution in [0, 0.1) is 5.92 Å². The van der Waals surface area contributed by atoms with Gasteiger partial charge in [0.15, 0.2) is 0 Å². The summed E-state index contributed by atoms with van der Waals surface area (Å²) < 4.78 is 5.21. The Morgan fingerprint density at radius 2 is 2.11 bits per heavy atom. The fourth-order valence-corrected chi connectivity index (χ4v) is 1.17. The minimum atomic E-state index is -0.251. The second-order valence-corrected chi connectivity index (χ2v) is 2.83. The average Bonchev–Trinajstić information content (AvgIpc) is 1.83. The number of rotatable bonds is 0. The van der Waals surface area contributed by atoms with E-state index >= 15 is 0 Å². The number of ether oxygens (including phenoxy) is 1. The number of hydrogen-bond donors (Lipinski definition) is 1. The fourth-order valence-electron chi connectivity index (χ4n) is 1.17. The highest BCUT2D eigenvalue weighted by Crippen LogP contribution is 2.19. The summed E-state index contributed by atoms with van der Waals surface area (Å²) in [6.45, 7) is 4.78. The van der Waals surface area contributed by atoms with Crippen LogP contribution in [0.4, 0.5) is 0 Å². The lowest BCUT2D eigenvalue weighted by Gasteiger charge is -2.30. The number of hydrogen-bond acceptors (Lipinski definition) is 2. The first-order valence-corrected chi connectivity index (χ1v) is 3.51. The van der Waals surface area contributed by atoms with Gasteiger partial charge in [0.25, 0.3) is 0 Å². The van der Waals surface area contributed by atoms with Gasteiger partial charge in [-0.3, -0.25) is 0 Å². The van der Waals surface area contributed by atoms with Crippen LogP contribution in [-0.4, -0.2) is 23.9 Å². The molecule has 0 bridgehead atoms. The molecule has 3 unspecified atom stereocenters. The fraction of sp³-hybridized carbons (Fsp3) is 1.00. The van der Waals surface area contributed by atoms with E-state index in [0.717, 1.165) is 13.0 Å². The van der Waals surface area contributed by atoms with Crippen molar-refractivity contribution in [2.45, 2.75) is 32.5 Å². The molecule has 1 aliphatic heterocycles. The molecule has 0 amide bonds. The summed E-state index contributed by atoms with van der Waals surface area (Å²) in [6, 6.07) is 0. The molecule has 1 N–H and O–H groups in total. The molecule has 1 saturated heterocycles. The second-order valence-electron chi connectivity index (χ2n) is 2.83. The molecule has 0 aromatic rings. The highest BCUT2D eigenvalue weighted by Gasteiger charge is 2.25. The Morgan fingerprint density at radius 1 is 1.44 bits per heavy atom. The second kappa shape index (κ2) is 2.67. The van der Waals surface area contributed by atoms with E-state index in [4.69, 9.17) is 4.74 Å². The highest BCUT2D eigenvalue weighted by molar-refractivity contribution is 4.74. The largest absolute Gasteiger partial charge is 0.390 e. The molecular weight excluding hydrogens is 116 g/mol. The Balaban J connectivity index is 2.41. The van der Waals surface area contributed by atoms with E-state index < -0.39 is 0 Å². The quantitative estimate of drug-likeness (QED) is 0.525. The first-order chi connectivity index (χ1) is 4.22. The molecule has 1 aliphatic rings. The minimum Gasteiger partial charge on any atom is -0.390 e. The zero-order valence-corrected chi connectivity index (χ0v) is 6.00. The van der Waals surface area contributed by atoms with Crippen molar-refractivity contribution in [2.24, 2.45) is 5.92 Å². The molecule has 2 nitrogen and oxygen atoms in total. The summed E-state index contributed by atoms with van der Waals surface area (Å²) in [4.78, 5) is 0. The van der Waals surface area contributed by atoms with Crippen LogP contribution in [-0.2, 0) is 4.74 Å². The molecule has 54 valence electrons. The summed E-state index contributed by atoms with van der Waals surface area (Å²) in [6.07, 6.45) is 0.776. The van der Waals surface area contributed by atoms with Gasteiger partial charge in [0.05, 0.1) is 12.2 Å². The van der Waals surface area contributed by atoms with Gasteiger partial charge >= 0.3 is 0 Å². The maximum atomic E-state index is 9.32. The predicted octanol–water partition coefficient (Wildman–Crippen LogP) is 0.792. The molecule has 0 spiro atoms. The van der Waals surface area contributed by atoms with Gasteiger partial charge in [0.2, 0.25) is 0 Å². The molecule has 0 aliphatic carbocycles. The summed E-state index contributed by atoms with van der Waals surface area (Å²) >= 11 is 0. The van der Waals surface area contributed by atoms with Crippen LogP contribution in [0.5, 0.6) is 0 Å². The Labute approximate surface area is 55.8 Å². The van der Waals surface area contributed by atoms with Gasteiger partial charge in [-0.2, -0.15) is 0 Å². The minimum absolute atomic E-state index is 0.0359. The van der Waals surface area contributed by atoms with E-state index in [1.807, 2.05) is 6.92 Å². The summed E-state index contributed by atoms with van der Waals surface area (Å²) in [7, 11) is 0. The van der Waals surface area contributed by atoms with Gasteiger partial charge in [0.1, 0.15) is 0 Å². The molecule has 1 rings (SSSR count). The summed E-state index contributed by atoms with van der Waals surface area (Å²) in [5.41, 5.74) is 0. The van der Waals surface area contributed by atoms with Crippen LogP contribution in [0.15, 0.2) is 0 Å². The standard InChI is InChI=1S/C7H14O2/c1-5-3-4-9-6(2)7(5)8/h5-8H,3-4H2,1-2H3. The molecule has 0 radical (unpaired) electrons. The SMILES string of the molecule is CC1CCOC(C)C1O. The molecule has 0 aromatic heterocycles. The zero-order valence-electron chi connectivity index (χ0n) is 6.00. The van der Waals surface area contributed by atoms with E-state index in [9.17, 15) is 5.11 Å². The highest BCUT2D eigenvalue weighted by atomic mass is 16.5. The molecule has 0 saturated carbocycles. The van der Waals surface area contributed by atoms with Crippen LogP contribution in [0.2, 0.25) is 0 Å². The van der Waals surface area contributed by atoms with Crippen LogP contribution < -0.4 is 0 Å². The lowest BCUT2D eigenvalue weighted by Crippen LogP contribution is -2.37. The topological polar surface area (TPSA) is 29.5 Å². The van der Waals surface area contributed by atoms with Gasteiger partial charge in [-0.05, 0) is 19.3 Å². The molecular formula is C7H14O2. The first-order valence-electron chi connectivity index (χ1n) is 3.51. The maximum absolute atomic E-state index is 9.32. The van der Waals surface area contributed by atoms with Crippen molar-refractivity contribution < 1.29 is 9.84 Å². The number of aliphatic hydroxyl groups is 1. The predicted molar refractivity (Wildman–Crippen MR) is 35.2 cm³/mol. The van der Waals surface area contributed by atoms with E-state index in [1.165, 1.54) is 0 Å². The first kappa shape index (κ1) is 7.03. The number of aliphatic hydroxyl groups excluding tert-OH is 1. The van der Waals surface area contributed by atoms with E-state index in [1.54, 1.807) is 0 Å². The Morgan fingerprint density at radius 3 is 2.56 bits per heavy atom. The Hall–Kier alpha value is -0.0800. The smallest absolute Gasteiger partial charge is 0.0825 e. The van der Waals surface area contributed by atoms with Gasteiger partial charge in [-0.15, -0.1) is 0 Å². The van der Waals surface area contributed by atoms with Crippen molar-refractivity contribution in [1.29, 1.82) is 0 Å². The monoisotopic (exact) mass is 130 g/mol. The molecule has 1 heterocycles. The van der Waals surface area contributed by atoms with Gasteiger partial charge in [0, 0.05) is 6.61 Å². The molecule has 2 heteroatoms. The lowest BCUT2D eigenvalue weighted by molar-refractivity contribution is -0.0911. The average molecular weight is 130 g/mol. The third-order valence-corrected chi connectivity index (χ3v) is 2.02. The molecule has 1 fully saturated rings. The zero-order chi connectivity index (χ0) is 6.85. The van der Waals surface area contributed by atoms with Crippen molar-refractivity contribution in [3.8, 4) is 0 Å². The van der Waals surface area contributed by atoms with E-state index in [2.05, 4.69) is 6.92 Å². The third-order valence-electron chi connectivity index (χ3n) is 2.02. The van der Waals surface area contributed by atoms with Crippen molar-refractivity contribution in [2.75, 3.05) is 6.61 Å². The van der Waals surface area contributed by atoms with Crippen LogP contribution in [0.1, 0.15) is 20.3 Å². The molecule has 0 aromatic carbocycles. The van der Waals surface area contributed by atoms with Crippen LogP contribution >= 0.6 is 0 Å². The van der Waals surface area contributed by atoms with Crippen molar-refractivity contribution in [1.82, 2.24) is 0 Å². The lowest BCUT2D eigenvalue weighted by atomic mass is 9.95. The maximum Gasteiger partial charge on any atom is 0.0825 e. The van der Waals surface area contributed by atoms with Crippen LogP contribution in [0.25, 0.3) is 0 Å². The summed E-state index contributed by atoms with van der Waals surface area (Å²) in [5, 5.41) is 9.32. The Bertz CT molecular complexity index is 82.9. The normalized spacial score (nSPS) is 45.0. The summed E-state index contributed by atoms with van der Waals surface area (Å²) in [5.74, 6) is 0.411. The van der Waals surface area contributed by atoms with Crippen molar-refractivity contribution >= 4 is 0 Å². The van der Waals surface area contributed by atoms with E-state index in [-0.39, 0.29) is 12.2 Å². The Kier molecular flexibility index (Phi) is 2.09. The van der Waals surface area contributed by atoms with Gasteiger partial charge in [-0.1, -0.05) is 6.92 Å². The molecule has 3 atom stereocenters. The van der Waals surface area contributed by atoms with Crippen LogP contribution in [0.3, 0.4) is 0 Å². The van der Waals surface area contributed by atoms with Gasteiger partial charge in [-0.25, -0.2) is 0 Å². The van der Waals surface area contributed by atoms with Crippen molar-refractivity contribution in [3.05, 3.63) is 0 Å². The molecule has 9 heavy (non-hydrogen) atoms. The van der Waals surface area contributed by atoms with Crippen molar-refractivity contribution in [3.63, 3.8) is 0 Å². The van der Waals surface area contributed by atoms with E-state index in [0.29, 0.717) is 5.92 Å². The van der Waals surface area contributed by atoms with Gasteiger partial charge < -0.3 is 9.84 Å².